The number of aryl methyl sites for hydroxylation is 1. The van der Waals surface area contributed by atoms with Gasteiger partial charge < -0.3 is 14.6 Å². The van der Waals surface area contributed by atoms with Crippen LogP contribution in [0.4, 0.5) is 0 Å². The van der Waals surface area contributed by atoms with E-state index >= 15 is 0 Å². The van der Waals surface area contributed by atoms with E-state index in [2.05, 4.69) is 0 Å². The first-order valence-electron chi connectivity index (χ1n) is 6.00. The molecule has 19 heavy (non-hydrogen) atoms. The van der Waals surface area contributed by atoms with Crippen LogP contribution in [0, 0.1) is 0 Å². The van der Waals surface area contributed by atoms with Gasteiger partial charge in [0.1, 0.15) is 0 Å². The monoisotopic (exact) mass is 260 g/mol. The Hall–Kier alpha value is -2.23. The van der Waals surface area contributed by atoms with Gasteiger partial charge in [0.15, 0.2) is 11.5 Å². The molecule has 0 aliphatic rings. The number of carboxylic acid groups (broad SMARTS) is 1. The molecule has 4 nitrogen and oxygen atoms in total. The Kier molecular flexibility index (Phi) is 3.90. The largest absolute Gasteiger partial charge is 0.493 e. The molecule has 0 aromatic heterocycles. The molecule has 0 radical (unpaired) electrons. The van der Waals surface area contributed by atoms with Crippen molar-refractivity contribution < 1.29 is 19.4 Å². The number of hydrogen-bond donors (Lipinski definition) is 1. The molecule has 0 bridgehead atoms. The zero-order chi connectivity index (χ0) is 13.8. The maximum Gasteiger partial charge on any atom is 0.303 e. The molecular weight excluding hydrogens is 244 g/mol. The summed E-state index contributed by atoms with van der Waals surface area (Å²) >= 11 is 0. The average Bonchev–Trinajstić information content (AvgIpc) is 2.43. The second-order valence-electron chi connectivity index (χ2n) is 4.28. The molecule has 100 valence electrons. The number of ether oxygens (including phenoxy) is 2. The number of rotatable bonds is 5. The van der Waals surface area contributed by atoms with Crippen molar-refractivity contribution in [3.8, 4) is 11.5 Å². The third kappa shape index (κ3) is 2.96. The highest BCUT2D eigenvalue weighted by atomic mass is 16.5. The van der Waals surface area contributed by atoms with Gasteiger partial charge in [-0.25, -0.2) is 0 Å². The van der Waals surface area contributed by atoms with Crippen LogP contribution < -0.4 is 9.47 Å². The zero-order valence-corrected chi connectivity index (χ0v) is 11.0. The van der Waals surface area contributed by atoms with Gasteiger partial charge >= 0.3 is 5.97 Å². The maximum absolute atomic E-state index is 10.6. The Morgan fingerprint density at radius 2 is 1.68 bits per heavy atom. The maximum atomic E-state index is 10.6. The fourth-order valence-electron chi connectivity index (χ4n) is 2.03. The Morgan fingerprint density at radius 1 is 1.05 bits per heavy atom. The van der Waals surface area contributed by atoms with Crippen LogP contribution in [-0.4, -0.2) is 25.3 Å². The predicted octanol–water partition coefficient (Wildman–Crippen LogP) is 2.87. The Morgan fingerprint density at radius 3 is 2.26 bits per heavy atom. The van der Waals surface area contributed by atoms with E-state index in [1.165, 1.54) is 0 Å². The lowest BCUT2D eigenvalue weighted by atomic mass is 10.0. The molecule has 1 N–H and O–H groups in total. The van der Waals surface area contributed by atoms with Crippen molar-refractivity contribution >= 4 is 16.7 Å². The van der Waals surface area contributed by atoms with Gasteiger partial charge in [0.25, 0.3) is 0 Å². The second-order valence-corrected chi connectivity index (χ2v) is 4.28. The molecule has 0 unspecified atom stereocenters. The summed E-state index contributed by atoms with van der Waals surface area (Å²) < 4.78 is 10.5. The first kappa shape index (κ1) is 13.2. The molecule has 0 aliphatic heterocycles. The van der Waals surface area contributed by atoms with Crippen LogP contribution in [-0.2, 0) is 11.2 Å². The molecule has 0 fully saturated rings. The summed E-state index contributed by atoms with van der Waals surface area (Å²) in [4.78, 5) is 10.6. The molecule has 0 saturated carbocycles. The van der Waals surface area contributed by atoms with E-state index in [4.69, 9.17) is 14.6 Å². The summed E-state index contributed by atoms with van der Waals surface area (Å²) in [7, 11) is 3.20. The van der Waals surface area contributed by atoms with Crippen molar-refractivity contribution in [3.63, 3.8) is 0 Å². The van der Waals surface area contributed by atoms with Crippen molar-refractivity contribution in [2.75, 3.05) is 14.2 Å². The number of aliphatic carboxylic acids is 1. The summed E-state index contributed by atoms with van der Waals surface area (Å²) in [5.74, 6) is 0.575. The third-order valence-electron chi connectivity index (χ3n) is 3.03. The first-order valence-corrected chi connectivity index (χ1v) is 6.00. The average molecular weight is 260 g/mol. The number of hydrogen-bond acceptors (Lipinski definition) is 3. The number of carboxylic acids is 1. The van der Waals surface area contributed by atoms with Crippen molar-refractivity contribution in [3.05, 3.63) is 35.9 Å². The predicted molar refractivity (Wildman–Crippen MR) is 73.0 cm³/mol. The molecule has 0 heterocycles. The van der Waals surface area contributed by atoms with Gasteiger partial charge in [-0.2, -0.15) is 0 Å². The van der Waals surface area contributed by atoms with Crippen LogP contribution in [0.5, 0.6) is 11.5 Å². The number of benzene rings is 2. The Labute approximate surface area is 111 Å². The molecule has 0 aliphatic carbocycles. The van der Waals surface area contributed by atoms with Crippen LogP contribution in [0.15, 0.2) is 30.3 Å². The van der Waals surface area contributed by atoms with Crippen molar-refractivity contribution in [2.45, 2.75) is 12.8 Å². The lowest BCUT2D eigenvalue weighted by Crippen LogP contribution is -1.97. The second kappa shape index (κ2) is 5.61. The van der Waals surface area contributed by atoms with Crippen LogP contribution in [0.1, 0.15) is 12.0 Å². The van der Waals surface area contributed by atoms with Crippen molar-refractivity contribution in [2.24, 2.45) is 0 Å². The highest BCUT2D eigenvalue weighted by Crippen LogP contribution is 2.32. The van der Waals surface area contributed by atoms with Crippen molar-refractivity contribution in [1.29, 1.82) is 0 Å². The van der Waals surface area contributed by atoms with E-state index in [1.54, 1.807) is 14.2 Å². The fourth-order valence-corrected chi connectivity index (χ4v) is 2.03. The van der Waals surface area contributed by atoms with E-state index in [1.807, 2.05) is 30.3 Å². The van der Waals surface area contributed by atoms with E-state index < -0.39 is 5.97 Å². The van der Waals surface area contributed by atoms with E-state index in [9.17, 15) is 4.79 Å². The number of carbonyl (C=O) groups is 1. The van der Waals surface area contributed by atoms with Crippen LogP contribution in [0.25, 0.3) is 10.8 Å². The molecule has 4 heteroatoms. The summed E-state index contributed by atoms with van der Waals surface area (Å²) in [5, 5.41) is 10.8. The minimum absolute atomic E-state index is 0.138. The lowest BCUT2D eigenvalue weighted by Gasteiger charge is -2.10. The van der Waals surface area contributed by atoms with E-state index in [0.717, 1.165) is 16.3 Å². The molecule has 0 saturated heterocycles. The summed E-state index contributed by atoms with van der Waals surface area (Å²) in [5.41, 5.74) is 1.00. The van der Waals surface area contributed by atoms with Gasteiger partial charge in [-0.3, -0.25) is 4.79 Å². The summed E-state index contributed by atoms with van der Waals surface area (Å²) in [6, 6.07) is 9.71. The minimum Gasteiger partial charge on any atom is -0.493 e. The molecule has 2 aromatic rings. The molecule has 2 aromatic carbocycles. The van der Waals surface area contributed by atoms with Crippen LogP contribution in [0.3, 0.4) is 0 Å². The van der Waals surface area contributed by atoms with E-state index in [-0.39, 0.29) is 6.42 Å². The molecule has 2 rings (SSSR count). The van der Waals surface area contributed by atoms with Gasteiger partial charge in [-0.15, -0.1) is 0 Å². The summed E-state index contributed by atoms with van der Waals surface area (Å²) in [6.45, 7) is 0. The molecule has 0 spiro atoms. The zero-order valence-electron chi connectivity index (χ0n) is 11.0. The highest BCUT2D eigenvalue weighted by Gasteiger charge is 2.07. The molecular formula is C15H16O4. The summed E-state index contributed by atoms with van der Waals surface area (Å²) in [6.07, 6.45) is 0.665. The first-order chi connectivity index (χ1) is 9.13. The van der Waals surface area contributed by atoms with E-state index in [0.29, 0.717) is 17.9 Å². The minimum atomic E-state index is -0.785. The topological polar surface area (TPSA) is 55.8 Å². The van der Waals surface area contributed by atoms with Crippen molar-refractivity contribution in [1.82, 2.24) is 0 Å². The Bertz CT molecular complexity index is 604. The smallest absolute Gasteiger partial charge is 0.303 e. The standard InChI is InChI=1S/C15H16O4/c1-18-13-8-11-5-3-10(4-6-15(16)17)7-12(11)9-14(13)19-2/h3,5,7-9H,4,6H2,1-2H3,(H,16,17). The third-order valence-corrected chi connectivity index (χ3v) is 3.03. The Balaban J connectivity index is 2.39. The van der Waals surface area contributed by atoms with Gasteiger partial charge in [-0.1, -0.05) is 18.2 Å². The van der Waals surface area contributed by atoms with Crippen LogP contribution >= 0.6 is 0 Å². The number of methoxy groups -OCH3 is 2. The van der Waals surface area contributed by atoms with Crippen LogP contribution in [0.2, 0.25) is 0 Å². The highest BCUT2D eigenvalue weighted by molar-refractivity contribution is 5.86. The van der Waals surface area contributed by atoms with Gasteiger partial charge in [0.2, 0.25) is 0 Å². The molecule has 0 amide bonds. The normalized spacial score (nSPS) is 10.4. The van der Waals surface area contributed by atoms with Gasteiger partial charge in [0, 0.05) is 6.42 Å². The lowest BCUT2D eigenvalue weighted by molar-refractivity contribution is -0.136. The quantitative estimate of drug-likeness (QED) is 0.898. The SMILES string of the molecule is COc1cc2ccc(CCC(=O)O)cc2cc1OC. The van der Waals surface area contributed by atoms with Gasteiger partial charge in [-0.05, 0) is 34.9 Å². The fraction of sp³-hybridized carbons (Fsp3) is 0.267. The van der Waals surface area contributed by atoms with Gasteiger partial charge in [0.05, 0.1) is 14.2 Å². The molecule has 0 atom stereocenters. The number of fused-ring (bicyclic) bond motifs is 1.